The molecular weight excluding hydrogens is 462 g/mol. The van der Waals surface area contributed by atoms with Crippen LogP contribution in [0.25, 0.3) is 0 Å². The first-order chi connectivity index (χ1) is 11.9. The lowest BCUT2D eigenvalue weighted by molar-refractivity contribution is -0.422. The molecule has 0 aliphatic carbocycles. The van der Waals surface area contributed by atoms with Gasteiger partial charge in [0.05, 0.1) is 0 Å². The number of hydrogen-bond donors (Lipinski definition) is 0. The average Bonchev–Trinajstić information content (AvgIpc) is 2.41. The van der Waals surface area contributed by atoms with Crippen LogP contribution in [0.1, 0.15) is 0 Å². The van der Waals surface area contributed by atoms with Gasteiger partial charge in [-0.3, -0.25) is 0 Å². The normalized spacial score (nSPS) is 16.9. The molecule has 28 heavy (non-hydrogen) atoms. The molecule has 18 heteroatoms. The summed E-state index contributed by atoms with van der Waals surface area (Å²) in [6.07, 6.45) is -23.9. The summed E-state index contributed by atoms with van der Waals surface area (Å²) in [5.41, 5.74) is -8.30. The Kier molecular flexibility index (Phi) is 6.41. The first kappa shape index (κ1) is 26.5. The smallest absolute Gasteiger partial charge is 0.244 e. The van der Waals surface area contributed by atoms with E-state index in [9.17, 15) is 79.0 Å². The van der Waals surface area contributed by atoms with Crippen molar-refractivity contribution in [2.24, 2.45) is 5.41 Å². The van der Waals surface area contributed by atoms with Gasteiger partial charge in [-0.15, -0.1) is 0 Å². The van der Waals surface area contributed by atoms with Crippen LogP contribution in [0, 0.1) is 5.41 Å². The lowest BCUT2D eigenvalue weighted by Crippen LogP contribution is -2.68. The molecule has 168 valence electrons. The van der Waals surface area contributed by atoms with Crippen molar-refractivity contribution in [1.29, 1.82) is 0 Å². The predicted octanol–water partition coefficient (Wildman–Crippen LogP) is 6.69. The maximum absolute atomic E-state index is 13.4. The molecule has 0 aromatic rings. The second-order valence-corrected chi connectivity index (χ2v) is 4.86. The van der Waals surface area contributed by atoms with Crippen LogP contribution >= 0.6 is 0 Å². The Hall–Kier alpha value is -1.52. The van der Waals surface area contributed by atoms with Crippen molar-refractivity contribution in [2.45, 2.75) is 36.3 Å². The largest absolute Gasteiger partial charge is 0.460 e. The molecule has 0 aromatic carbocycles. The Bertz CT molecular complexity index is 583. The number of rotatable bonds is 5. The molecule has 0 bridgehead atoms. The summed E-state index contributed by atoms with van der Waals surface area (Å²) in [5, 5.41) is 0. The van der Waals surface area contributed by atoms with Crippen LogP contribution in [-0.4, -0.2) is 43.0 Å². The highest BCUT2D eigenvalue weighted by molar-refractivity contribution is 5.29. The van der Waals surface area contributed by atoms with Crippen molar-refractivity contribution in [3.8, 4) is 0 Å². The lowest BCUT2D eigenvalue weighted by atomic mass is 9.74. The van der Waals surface area contributed by atoms with Gasteiger partial charge in [0.25, 0.3) is 5.41 Å². The third-order valence-corrected chi connectivity index (χ3v) is 3.10. The van der Waals surface area contributed by atoms with Gasteiger partial charge in [0, 0.05) is 0 Å². The molecule has 0 N–H and O–H groups in total. The van der Waals surface area contributed by atoms with Crippen LogP contribution in [0.2, 0.25) is 0 Å². The van der Waals surface area contributed by atoms with Crippen LogP contribution in [0.4, 0.5) is 79.0 Å². The van der Waals surface area contributed by atoms with Crippen LogP contribution < -0.4 is 0 Å². The Labute approximate surface area is 140 Å². The molecule has 0 heterocycles. The Balaban J connectivity index is 7.63. The molecular formula is C10H2F18. The van der Waals surface area contributed by atoms with E-state index in [1.165, 1.54) is 0 Å². The summed E-state index contributed by atoms with van der Waals surface area (Å²) in [5.74, 6) is -34.0. The maximum Gasteiger partial charge on any atom is 0.460 e. The number of allylic oxidation sites excluding steroid dienone is 2. The first-order valence-electron chi connectivity index (χ1n) is 5.83. The van der Waals surface area contributed by atoms with E-state index in [-0.39, 0.29) is 0 Å². The third-order valence-electron chi connectivity index (χ3n) is 3.10. The van der Waals surface area contributed by atoms with Crippen molar-refractivity contribution < 1.29 is 79.0 Å². The van der Waals surface area contributed by atoms with E-state index >= 15 is 0 Å². The molecule has 0 spiro atoms. The zero-order valence-electron chi connectivity index (χ0n) is 12.0. The molecule has 0 saturated heterocycles. The molecule has 0 unspecified atom stereocenters. The highest BCUT2D eigenvalue weighted by Crippen LogP contribution is 2.68. The van der Waals surface area contributed by atoms with E-state index in [2.05, 4.69) is 0 Å². The van der Waals surface area contributed by atoms with E-state index in [1.54, 1.807) is 0 Å². The van der Waals surface area contributed by atoms with Crippen LogP contribution in [0.3, 0.4) is 0 Å². The quantitative estimate of drug-likeness (QED) is 0.398. The van der Waals surface area contributed by atoms with Crippen LogP contribution in [0.5, 0.6) is 0 Å². The van der Waals surface area contributed by atoms with E-state index in [4.69, 9.17) is 0 Å². The van der Waals surface area contributed by atoms with Crippen molar-refractivity contribution in [3.63, 3.8) is 0 Å². The Morgan fingerprint density at radius 3 is 1.04 bits per heavy atom. The minimum Gasteiger partial charge on any atom is -0.244 e. The van der Waals surface area contributed by atoms with Gasteiger partial charge in [0.15, 0.2) is 12.5 Å². The van der Waals surface area contributed by atoms with Gasteiger partial charge in [-0.2, -0.15) is 65.9 Å². The van der Waals surface area contributed by atoms with Gasteiger partial charge in [0.2, 0.25) is 5.83 Å². The standard InChI is InChI=1S/C10H2F18/c11-1-4(14,15)7(18,19)5(8(20,21)22,9(23,24)25)2(12)3(13)6(16,17)10(26,27)28/h1H2. The summed E-state index contributed by atoms with van der Waals surface area (Å²) in [7, 11) is 0. The van der Waals surface area contributed by atoms with Gasteiger partial charge in [0.1, 0.15) is 0 Å². The molecule has 0 rings (SSSR count). The van der Waals surface area contributed by atoms with Crippen LogP contribution in [-0.2, 0) is 0 Å². The van der Waals surface area contributed by atoms with Crippen molar-refractivity contribution >= 4 is 0 Å². The molecule has 0 saturated carbocycles. The molecule has 0 atom stereocenters. The summed E-state index contributed by atoms with van der Waals surface area (Å²) in [4.78, 5) is 0. The van der Waals surface area contributed by atoms with Gasteiger partial charge in [-0.25, -0.2) is 13.2 Å². The van der Waals surface area contributed by atoms with Gasteiger partial charge < -0.3 is 0 Å². The average molecular weight is 464 g/mol. The summed E-state index contributed by atoms with van der Waals surface area (Å²) in [6, 6.07) is 0. The SMILES string of the molecule is FCC(F)(F)C(F)(F)C(C(F)=C(F)C(F)(F)C(F)(F)F)(C(F)(F)F)C(F)(F)F. The summed E-state index contributed by atoms with van der Waals surface area (Å²) in [6.45, 7) is -4.10. The molecule has 0 radical (unpaired) electrons. The molecule has 0 aromatic heterocycles. The topological polar surface area (TPSA) is 0 Å². The summed E-state index contributed by atoms with van der Waals surface area (Å²) < 4.78 is 228. The fourth-order valence-electron chi connectivity index (χ4n) is 1.69. The Morgan fingerprint density at radius 2 is 0.821 bits per heavy atom. The summed E-state index contributed by atoms with van der Waals surface area (Å²) >= 11 is 0. The van der Waals surface area contributed by atoms with Gasteiger partial charge in [-0.1, -0.05) is 0 Å². The van der Waals surface area contributed by atoms with Crippen molar-refractivity contribution in [3.05, 3.63) is 11.7 Å². The highest BCUT2D eigenvalue weighted by Gasteiger charge is 2.91. The van der Waals surface area contributed by atoms with E-state index < -0.39 is 60.0 Å². The third kappa shape index (κ3) is 3.46. The zero-order chi connectivity index (χ0) is 23.4. The van der Waals surface area contributed by atoms with E-state index in [0.29, 0.717) is 0 Å². The van der Waals surface area contributed by atoms with E-state index in [0.717, 1.165) is 0 Å². The monoisotopic (exact) mass is 464 g/mol. The zero-order valence-corrected chi connectivity index (χ0v) is 12.0. The van der Waals surface area contributed by atoms with E-state index in [1.807, 2.05) is 0 Å². The van der Waals surface area contributed by atoms with Crippen molar-refractivity contribution in [2.75, 3.05) is 6.67 Å². The minimum atomic E-state index is -8.30. The molecule has 0 aliphatic rings. The second kappa shape index (κ2) is 6.77. The molecule has 0 amide bonds. The van der Waals surface area contributed by atoms with Crippen molar-refractivity contribution in [1.82, 2.24) is 0 Å². The second-order valence-electron chi connectivity index (χ2n) is 4.86. The van der Waals surface area contributed by atoms with Gasteiger partial charge >= 0.3 is 36.3 Å². The van der Waals surface area contributed by atoms with Crippen LogP contribution in [0.15, 0.2) is 11.7 Å². The maximum atomic E-state index is 13.4. The Morgan fingerprint density at radius 1 is 0.500 bits per heavy atom. The van der Waals surface area contributed by atoms with Gasteiger partial charge in [-0.05, 0) is 0 Å². The minimum absolute atomic E-state index is 4.10. The lowest BCUT2D eigenvalue weighted by Gasteiger charge is -2.43. The fraction of sp³-hybridized carbons (Fsp3) is 0.800. The number of alkyl halides is 16. The molecule has 0 fully saturated rings. The number of halogens is 18. The molecule has 0 nitrogen and oxygen atoms in total. The predicted molar refractivity (Wildman–Crippen MR) is 50.7 cm³/mol. The fourth-order valence-corrected chi connectivity index (χ4v) is 1.69. The number of hydrogen-bond acceptors (Lipinski definition) is 0. The molecule has 0 aliphatic heterocycles. The highest BCUT2D eigenvalue weighted by atomic mass is 19.4. The first-order valence-corrected chi connectivity index (χ1v) is 5.83.